The fraction of sp³-hybridized carbons (Fsp3) is 0.438. The van der Waals surface area contributed by atoms with Gasteiger partial charge in [-0.1, -0.05) is 0 Å². The van der Waals surface area contributed by atoms with Crippen molar-refractivity contribution in [2.45, 2.75) is 32.2 Å². The average molecular weight is 353 g/mol. The van der Waals surface area contributed by atoms with Gasteiger partial charge in [-0.05, 0) is 26.0 Å². The number of thiazole rings is 1. The lowest BCUT2D eigenvalue weighted by molar-refractivity contribution is 0.0117. The number of halogens is 2. The maximum absolute atomic E-state index is 13.9. The maximum atomic E-state index is 13.9. The Kier molecular flexibility index (Phi) is 4.49. The first-order chi connectivity index (χ1) is 11.4. The molecule has 0 aromatic carbocycles. The van der Waals surface area contributed by atoms with Crippen LogP contribution in [0.2, 0.25) is 0 Å². The van der Waals surface area contributed by atoms with Gasteiger partial charge in [-0.2, -0.15) is 0 Å². The fourth-order valence-corrected chi connectivity index (χ4v) is 3.65. The van der Waals surface area contributed by atoms with Crippen molar-refractivity contribution < 1.29 is 18.3 Å². The quantitative estimate of drug-likeness (QED) is 0.848. The molecule has 1 atom stereocenters. The summed E-state index contributed by atoms with van der Waals surface area (Å²) in [6, 6.07) is 2.62. The van der Waals surface area contributed by atoms with Gasteiger partial charge in [0.1, 0.15) is 17.2 Å². The molecular formula is C16H17F2N3O2S. The van der Waals surface area contributed by atoms with Crippen molar-refractivity contribution in [2.75, 3.05) is 13.2 Å². The summed E-state index contributed by atoms with van der Waals surface area (Å²) in [5.41, 5.74) is 0.575. The molecule has 1 aliphatic rings. The molecule has 0 saturated carbocycles. The van der Waals surface area contributed by atoms with Gasteiger partial charge < -0.3 is 9.64 Å². The number of rotatable bonds is 4. The van der Waals surface area contributed by atoms with Gasteiger partial charge in [0, 0.05) is 18.8 Å². The molecule has 3 rings (SSSR count). The summed E-state index contributed by atoms with van der Waals surface area (Å²) < 4.78 is 33.3. The van der Waals surface area contributed by atoms with Crippen LogP contribution in [0.1, 0.15) is 26.8 Å². The number of aryl methyl sites for hydroxylation is 2. The number of ether oxygens (including phenoxy) is 1. The highest BCUT2D eigenvalue weighted by atomic mass is 32.1. The van der Waals surface area contributed by atoms with E-state index in [9.17, 15) is 13.6 Å². The Morgan fingerprint density at radius 1 is 1.42 bits per heavy atom. The van der Waals surface area contributed by atoms with Crippen LogP contribution < -0.4 is 4.74 Å². The van der Waals surface area contributed by atoms with Crippen LogP contribution >= 0.6 is 11.3 Å². The van der Waals surface area contributed by atoms with E-state index in [0.717, 1.165) is 5.01 Å². The van der Waals surface area contributed by atoms with Gasteiger partial charge in [-0.15, -0.1) is 11.3 Å². The highest BCUT2D eigenvalue weighted by Gasteiger charge is 2.48. The monoisotopic (exact) mass is 353 g/mol. The summed E-state index contributed by atoms with van der Waals surface area (Å²) in [4.78, 5) is 22.4. The van der Waals surface area contributed by atoms with Gasteiger partial charge in [0.2, 0.25) is 0 Å². The fourth-order valence-electron chi connectivity index (χ4n) is 2.77. The topological polar surface area (TPSA) is 55.3 Å². The van der Waals surface area contributed by atoms with E-state index < -0.39 is 30.8 Å². The summed E-state index contributed by atoms with van der Waals surface area (Å²) in [6.07, 6.45) is 2.72. The minimum absolute atomic E-state index is 0.0160. The summed E-state index contributed by atoms with van der Waals surface area (Å²) in [7, 11) is 0. The molecule has 2 aromatic heterocycles. The first kappa shape index (κ1) is 16.8. The normalized spacial score (nSPS) is 19.5. The van der Waals surface area contributed by atoms with Crippen molar-refractivity contribution in [3.8, 4) is 5.75 Å². The number of nitrogens with zero attached hydrogens (tertiary/aromatic N) is 3. The van der Waals surface area contributed by atoms with Gasteiger partial charge in [0.05, 0.1) is 23.3 Å². The lowest BCUT2D eigenvalue weighted by atomic mass is 10.2. The van der Waals surface area contributed by atoms with E-state index in [0.29, 0.717) is 16.3 Å². The Hall–Kier alpha value is -2.09. The molecule has 0 spiro atoms. The predicted octanol–water partition coefficient (Wildman–Crippen LogP) is 3.08. The molecule has 0 radical (unpaired) electrons. The number of aromatic nitrogens is 2. The van der Waals surface area contributed by atoms with Gasteiger partial charge in [-0.3, -0.25) is 9.78 Å². The number of amides is 1. The predicted molar refractivity (Wildman–Crippen MR) is 85.7 cm³/mol. The Labute approximate surface area is 142 Å². The third kappa shape index (κ3) is 3.53. The molecule has 1 fully saturated rings. The second kappa shape index (κ2) is 6.43. The molecule has 0 unspecified atom stereocenters. The van der Waals surface area contributed by atoms with Crippen molar-refractivity contribution in [3.63, 3.8) is 0 Å². The first-order valence-corrected chi connectivity index (χ1v) is 8.33. The molecular weight excluding hydrogens is 336 g/mol. The van der Waals surface area contributed by atoms with E-state index in [4.69, 9.17) is 4.74 Å². The molecule has 3 heterocycles. The Balaban J connectivity index is 1.76. The summed E-state index contributed by atoms with van der Waals surface area (Å²) >= 11 is 1.23. The van der Waals surface area contributed by atoms with Gasteiger partial charge in [0.25, 0.3) is 11.8 Å². The van der Waals surface area contributed by atoms with E-state index in [1.54, 1.807) is 38.4 Å². The van der Waals surface area contributed by atoms with E-state index >= 15 is 0 Å². The standard InChI is InChI=1S/C16H17F2N3O2S/c1-10-14(24-11(2)20-10)15(22)21-9-16(17,18)7-12(21)8-23-13-3-5-19-6-4-13/h3-6,12H,7-9H2,1-2H3/t12-/m0/s1. The van der Waals surface area contributed by atoms with E-state index in [1.165, 1.54) is 16.2 Å². The van der Waals surface area contributed by atoms with Crippen LogP contribution in [0.5, 0.6) is 5.75 Å². The van der Waals surface area contributed by atoms with Crippen molar-refractivity contribution in [1.82, 2.24) is 14.9 Å². The number of carbonyl (C=O) groups excluding carboxylic acids is 1. The minimum Gasteiger partial charge on any atom is -0.491 e. The van der Waals surface area contributed by atoms with Crippen LogP contribution in [-0.2, 0) is 0 Å². The lowest BCUT2D eigenvalue weighted by Crippen LogP contribution is -2.39. The molecule has 5 nitrogen and oxygen atoms in total. The van der Waals surface area contributed by atoms with Crippen LogP contribution in [0.25, 0.3) is 0 Å². The number of alkyl halides is 2. The molecule has 0 bridgehead atoms. The first-order valence-electron chi connectivity index (χ1n) is 7.51. The second-order valence-corrected chi connectivity index (χ2v) is 6.99. The Bertz CT molecular complexity index is 736. The summed E-state index contributed by atoms with van der Waals surface area (Å²) in [5, 5.41) is 0.742. The molecule has 2 aromatic rings. The molecule has 8 heteroatoms. The second-order valence-electron chi connectivity index (χ2n) is 5.79. The lowest BCUT2D eigenvalue weighted by Gasteiger charge is -2.23. The third-order valence-electron chi connectivity index (χ3n) is 3.83. The number of hydrogen-bond donors (Lipinski definition) is 0. The molecule has 1 saturated heterocycles. The molecule has 0 aliphatic carbocycles. The molecule has 1 aliphatic heterocycles. The van der Waals surface area contributed by atoms with Crippen molar-refractivity contribution >= 4 is 17.2 Å². The largest absolute Gasteiger partial charge is 0.491 e. The number of likely N-dealkylation sites (tertiary alicyclic amines) is 1. The van der Waals surface area contributed by atoms with Crippen LogP contribution in [0, 0.1) is 13.8 Å². The van der Waals surface area contributed by atoms with Crippen molar-refractivity contribution in [3.05, 3.63) is 40.1 Å². The zero-order valence-electron chi connectivity index (χ0n) is 13.3. The zero-order chi connectivity index (χ0) is 17.3. The molecule has 0 N–H and O–H groups in total. The van der Waals surface area contributed by atoms with E-state index in [1.807, 2.05) is 0 Å². The number of pyridine rings is 1. The van der Waals surface area contributed by atoms with Crippen LogP contribution in [0.15, 0.2) is 24.5 Å². The highest BCUT2D eigenvalue weighted by molar-refractivity contribution is 7.13. The minimum atomic E-state index is -2.91. The Morgan fingerprint density at radius 2 is 2.12 bits per heavy atom. The number of carbonyl (C=O) groups is 1. The van der Waals surface area contributed by atoms with Crippen molar-refractivity contribution in [2.24, 2.45) is 0 Å². The van der Waals surface area contributed by atoms with Crippen LogP contribution in [-0.4, -0.2) is 45.9 Å². The number of hydrogen-bond acceptors (Lipinski definition) is 5. The van der Waals surface area contributed by atoms with E-state index in [-0.39, 0.29) is 6.61 Å². The van der Waals surface area contributed by atoms with E-state index in [2.05, 4.69) is 9.97 Å². The van der Waals surface area contributed by atoms with Crippen LogP contribution in [0.3, 0.4) is 0 Å². The third-order valence-corrected chi connectivity index (χ3v) is 4.89. The smallest absolute Gasteiger partial charge is 0.267 e. The summed E-state index contributed by atoms with van der Waals surface area (Å²) in [6.45, 7) is 2.93. The molecule has 128 valence electrons. The SMILES string of the molecule is Cc1nc(C)c(C(=O)N2CC(F)(F)C[C@H]2COc2ccncc2)s1. The summed E-state index contributed by atoms with van der Waals surface area (Å²) in [5.74, 6) is -2.77. The molecule has 1 amide bonds. The van der Waals surface area contributed by atoms with Gasteiger partial charge in [-0.25, -0.2) is 13.8 Å². The Morgan fingerprint density at radius 3 is 2.75 bits per heavy atom. The molecule has 24 heavy (non-hydrogen) atoms. The highest BCUT2D eigenvalue weighted by Crippen LogP contribution is 2.34. The van der Waals surface area contributed by atoms with Crippen LogP contribution in [0.4, 0.5) is 8.78 Å². The average Bonchev–Trinajstić information content (AvgIpc) is 3.04. The van der Waals surface area contributed by atoms with Gasteiger partial charge >= 0.3 is 0 Å². The zero-order valence-corrected chi connectivity index (χ0v) is 14.1. The maximum Gasteiger partial charge on any atom is 0.267 e. The van der Waals surface area contributed by atoms with Crippen molar-refractivity contribution in [1.29, 1.82) is 0 Å². The van der Waals surface area contributed by atoms with Gasteiger partial charge in [0.15, 0.2) is 0 Å².